The molecule has 0 aliphatic carbocycles. The van der Waals surface area contributed by atoms with Crippen LogP contribution in [-0.4, -0.2) is 0 Å². The molecule has 0 aliphatic heterocycles. The van der Waals surface area contributed by atoms with Crippen molar-refractivity contribution in [2.75, 3.05) is 0 Å². The Morgan fingerprint density at radius 2 is 0.750 bits per heavy atom. The van der Waals surface area contributed by atoms with E-state index in [9.17, 15) is 0 Å². The minimum Gasteiger partial charge on any atom is -0.214 e. The quantitative estimate of drug-likeness (QED) is 0.199. The van der Waals surface area contributed by atoms with Gasteiger partial charge in [-0.2, -0.15) is 60.7 Å². The molecule has 4 heteroatoms. The van der Waals surface area contributed by atoms with Crippen LogP contribution in [0.2, 0.25) is 0 Å². The summed E-state index contributed by atoms with van der Waals surface area (Å²) in [6, 6.07) is 36.8. The molecular weight excluding hydrogens is 416 g/mol. The molecule has 0 aliphatic rings. The molecule has 4 aromatic carbocycles. The Labute approximate surface area is 173 Å². The normalized spacial score (nSPS) is 8.50. The minimum absolute atomic E-state index is 0. The predicted molar refractivity (Wildman–Crippen MR) is 99.9 cm³/mol. The second kappa shape index (κ2) is 15.7. The molecule has 0 fully saturated rings. The molecule has 24 heavy (non-hydrogen) atoms. The van der Waals surface area contributed by atoms with Crippen LogP contribution < -0.4 is 0 Å². The molecule has 0 unspecified atom stereocenters. The first-order chi connectivity index (χ1) is 10.9. The molecule has 0 saturated heterocycles. The van der Waals surface area contributed by atoms with Crippen molar-refractivity contribution in [1.29, 1.82) is 0 Å². The molecule has 0 saturated carbocycles. The van der Waals surface area contributed by atoms with Gasteiger partial charge in [0.15, 0.2) is 0 Å². The van der Waals surface area contributed by atoms with Gasteiger partial charge in [0, 0.05) is 34.1 Å². The summed E-state index contributed by atoms with van der Waals surface area (Å²) in [4.78, 5) is 2.64. The van der Waals surface area contributed by atoms with Gasteiger partial charge >= 0.3 is 0 Å². The largest absolute Gasteiger partial charge is 0.214 e. The fraction of sp³-hybridized carbons (Fsp3) is 0. The van der Waals surface area contributed by atoms with Crippen LogP contribution in [0.1, 0.15) is 0 Å². The van der Waals surface area contributed by atoms with E-state index in [1.807, 2.05) is 60.7 Å². The average Bonchev–Trinajstić information content (AvgIpc) is 3.41. The van der Waals surface area contributed by atoms with Crippen molar-refractivity contribution in [3.63, 3.8) is 0 Å². The topological polar surface area (TPSA) is 0 Å². The van der Waals surface area contributed by atoms with E-state index in [0.717, 1.165) is 0 Å². The van der Waals surface area contributed by atoms with Gasteiger partial charge in [-0.1, -0.05) is 9.79 Å². The molecule has 0 radical (unpaired) electrons. The Morgan fingerprint density at radius 3 is 0.958 bits per heavy atom. The van der Waals surface area contributed by atoms with Crippen LogP contribution in [0, 0.1) is 0 Å². The van der Waals surface area contributed by atoms with Gasteiger partial charge in [0.25, 0.3) is 0 Å². The van der Waals surface area contributed by atoms with Gasteiger partial charge in [0.2, 0.25) is 0 Å². The standard InChI is InChI=1S/C10H8S2.2C5H5.2Fe/c1-2-6-9(5-1)11-12-10-7-3-4-8-10;2*1-2-4-5-3-1;;/h1-8H;2*1-5H;;/q-2;2*-1;;. The molecule has 0 atom stereocenters. The van der Waals surface area contributed by atoms with Crippen molar-refractivity contribution in [2.45, 2.75) is 9.79 Å². The Bertz CT molecular complexity index is 542. The molecular formula is C20H18Fe2S2-4. The van der Waals surface area contributed by atoms with Crippen LogP contribution >= 0.6 is 21.6 Å². The Balaban J connectivity index is 0.000000370. The van der Waals surface area contributed by atoms with E-state index in [-0.39, 0.29) is 34.1 Å². The van der Waals surface area contributed by atoms with Crippen LogP contribution in [0.5, 0.6) is 0 Å². The zero-order valence-corrected chi connectivity index (χ0v) is 16.8. The van der Waals surface area contributed by atoms with E-state index < -0.39 is 0 Å². The summed E-state index contributed by atoms with van der Waals surface area (Å²) in [7, 11) is 3.60. The summed E-state index contributed by atoms with van der Waals surface area (Å²) in [6.07, 6.45) is 0. The monoisotopic (exact) mass is 434 g/mol. The molecule has 130 valence electrons. The molecule has 0 nitrogen and oxygen atoms in total. The third-order valence-electron chi connectivity index (χ3n) is 2.61. The number of hydrogen-bond donors (Lipinski definition) is 0. The van der Waals surface area contributed by atoms with Gasteiger partial charge in [-0.05, 0) is 0 Å². The summed E-state index contributed by atoms with van der Waals surface area (Å²) in [5.41, 5.74) is 0. The van der Waals surface area contributed by atoms with Gasteiger partial charge < -0.3 is 0 Å². The summed E-state index contributed by atoms with van der Waals surface area (Å²) in [5, 5.41) is 0. The fourth-order valence-electron chi connectivity index (χ4n) is 1.56. The third kappa shape index (κ3) is 10.8. The van der Waals surface area contributed by atoms with E-state index in [4.69, 9.17) is 0 Å². The van der Waals surface area contributed by atoms with Crippen LogP contribution in [0.15, 0.2) is 119 Å². The molecule has 0 bridgehead atoms. The van der Waals surface area contributed by atoms with Gasteiger partial charge in [0.05, 0.1) is 0 Å². The molecule has 0 amide bonds. The summed E-state index contributed by atoms with van der Waals surface area (Å²) in [5.74, 6) is 0. The predicted octanol–water partition coefficient (Wildman–Crippen LogP) is 6.73. The second-order valence-electron chi connectivity index (χ2n) is 4.33. The van der Waals surface area contributed by atoms with E-state index in [1.54, 1.807) is 21.6 Å². The van der Waals surface area contributed by atoms with Crippen LogP contribution in [-0.2, 0) is 34.1 Å². The van der Waals surface area contributed by atoms with E-state index in [1.165, 1.54) is 9.79 Å². The molecule has 0 heterocycles. The van der Waals surface area contributed by atoms with Crippen molar-refractivity contribution < 1.29 is 34.1 Å². The maximum atomic E-state index is 2.13. The average molecular weight is 434 g/mol. The fourth-order valence-corrected chi connectivity index (χ4v) is 3.53. The smallest absolute Gasteiger partial charge is 0 e. The first-order valence-electron chi connectivity index (χ1n) is 7.06. The molecule has 4 aromatic rings. The zero-order valence-electron chi connectivity index (χ0n) is 12.9. The van der Waals surface area contributed by atoms with Crippen LogP contribution in [0.3, 0.4) is 0 Å². The van der Waals surface area contributed by atoms with Gasteiger partial charge in [-0.25, -0.2) is 48.5 Å². The Hall–Kier alpha value is -0.861. The minimum atomic E-state index is 0. The van der Waals surface area contributed by atoms with Gasteiger partial charge in [-0.3, -0.25) is 0 Å². The van der Waals surface area contributed by atoms with Crippen molar-refractivity contribution in [3.8, 4) is 0 Å². The van der Waals surface area contributed by atoms with Crippen LogP contribution in [0.25, 0.3) is 0 Å². The van der Waals surface area contributed by atoms with Crippen molar-refractivity contribution in [2.24, 2.45) is 0 Å². The SMILES string of the molecule is [Fe].[Fe].c1cc[c-](SS[c-]2cccc2)c1.c1cc[cH-]c1.c1cc[cH-]c1. The van der Waals surface area contributed by atoms with E-state index in [2.05, 4.69) is 48.5 Å². The number of rotatable bonds is 3. The summed E-state index contributed by atoms with van der Waals surface area (Å²) in [6.45, 7) is 0. The maximum absolute atomic E-state index is 2.13. The molecule has 4 rings (SSSR count). The van der Waals surface area contributed by atoms with Gasteiger partial charge in [0.1, 0.15) is 0 Å². The molecule has 0 aromatic heterocycles. The van der Waals surface area contributed by atoms with Crippen molar-refractivity contribution in [3.05, 3.63) is 109 Å². The van der Waals surface area contributed by atoms with E-state index in [0.29, 0.717) is 0 Å². The zero-order chi connectivity index (χ0) is 15.3. The molecule has 0 N–H and O–H groups in total. The van der Waals surface area contributed by atoms with Crippen LogP contribution in [0.4, 0.5) is 0 Å². The molecule has 0 spiro atoms. The first-order valence-corrected chi connectivity index (χ1v) is 9.21. The summed E-state index contributed by atoms with van der Waals surface area (Å²) >= 11 is 0. The Kier molecular flexibility index (Phi) is 15.1. The van der Waals surface area contributed by atoms with Gasteiger partial charge in [-0.15, -0.1) is 21.6 Å². The number of hydrogen-bond acceptors (Lipinski definition) is 2. The third-order valence-corrected chi connectivity index (χ3v) is 5.03. The Morgan fingerprint density at radius 1 is 0.458 bits per heavy atom. The van der Waals surface area contributed by atoms with E-state index >= 15 is 0 Å². The second-order valence-corrected chi connectivity index (χ2v) is 6.61. The first kappa shape index (κ1) is 23.1. The van der Waals surface area contributed by atoms with Crippen molar-refractivity contribution >= 4 is 21.6 Å². The maximum Gasteiger partial charge on any atom is 0 e. The van der Waals surface area contributed by atoms with Crippen molar-refractivity contribution in [1.82, 2.24) is 0 Å². The summed E-state index contributed by atoms with van der Waals surface area (Å²) < 4.78 is 0.